The molecule has 108 valence electrons. The number of hydrogen-bond donors (Lipinski definition) is 0. The van der Waals surface area contributed by atoms with E-state index in [1.165, 1.54) is 12.1 Å². The summed E-state index contributed by atoms with van der Waals surface area (Å²) < 4.78 is 10.7. The number of likely N-dealkylation sites (tertiary alicyclic amines) is 1. The van der Waals surface area contributed by atoms with Crippen molar-refractivity contribution in [2.75, 3.05) is 19.7 Å². The van der Waals surface area contributed by atoms with Crippen molar-refractivity contribution >= 4 is 29.3 Å². The fraction of sp³-hybridized carbons (Fsp3) is 0.357. The molecule has 1 aromatic rings. The monoisotopic (exact) mass is 315 g/mol. The highest BCUT2D eigenvalue weighted by Gasteiger charge is 2.21. The van der Waals surface area contributed by atoms with Gasteiger partial charge in [0.05, 0.1) is 10.0 Å². The molecule has 0 unspecified atom stereocenters. The molecule has 2 rings (SSSR count). The Morgan fingerprint density at radius 3 is 2.55 bits per heavy atom. The van der Waals surface area contributed by atoms with Crippen LogP contribution in [0, 0.1) is 0 Å². The Kier molecular flexibility index (Phi) is 5.15. The Bertz CT molecular complexity index is 513. The third-order valence-electron chi connectivity index (χ3n) is 2.90. The maximum absolute atomic E-state index is 11.9. The summed E-state index contributed by atoms with van der Waals surface area (Å²) in [4.78, 5) is 13.6. The molecule has 0 radical (unpaired) electrons. The molecule has 1 heterocycles. The van der Waals surface area contributed by atoms with Crippen molar-refractivity contribution in [1.82, 2.24) is 4.90 Å². The third kappa shape index (κ3) is 3.58. The van der Waals surface area contributed by atoms with Gasteiger partial charge in [0, 0.05) is 19.2 Å². The summed E-state index contributed by atoms with van der Waals surface area (Å²) >= 11 is 12.0. The molecular formula is C14H15Cl2NO3. The zero-order chi connectivity index (χ0) is 14.5. The normalized spacial score (nSPS) is 14.2. The van der Waals surface area contributed by atoms with Gasteiger partial charge in [0.25, 0.3) is 0 Å². The van der Waals surface area contributed by atoms with Crippen LogP contribution in [-0.4, -0.2) is 30.7 Å². The van der Waals surface area contributed by atoms with Crippen LogP contribution in [0.25, 0.3) is 0 Å². The van der Waals surface area contributed by atoms with Crippen molar-refractivity contribution in [2.45, 2.75) is 12.8 Å². The van der Waals surface area contributed by atoms with Gasteiger partial charge in [-0.3, -0.25) is 0 Å². The smallest absolute Gasteiger partial charge is 0.415 e. The molecule has 20 heavy (non-hydrogen) atoms. The van der Waals surface area contributed by atoms with Crippen LogP contribution in [0.5, 0.6) is 11.5 Å². The number of halogens is 2. The number of ether oxygens (including phenoxy) is 2. The summed E-state index contributed by atoms with van der Waals surface area (Å²) in [5.74, 6) is 0.646. The first-order valence-electron chi connectivity index (χ1n) is 6.31. The summed E-state index contributed by atoms with van der Waals surface area (Å²) in [6.45, 7) is 5.29. The SMILES string of the molecule is C=CCOc1cc(OC(=O)N2CCCC2)c(Cl)cc1Cl. The number of nitrogens with zero attached hydrogens (tertiary/aromatic N) is 1. The lowest BCUT2D eigenvalue weighted by atomic mass is 10.3. The first-order chi connectivity index (χ1) is 9.61. The van der Waals surface area contributed by atoms with E-state index in [9.17, 15) is 4.79 Å². The number of amides is 1. The summed E-state index contributed by atoms with van der Waals surface area (Å²) in [7, 11) is 0. The van der Waals surface area contributed by atoms with Crippen molar-refractivity contribution in [3.8, 4) is 11.5 Å². The largest absolute Gasteiger partial charge is 0.488 e. The number of benzene rings is 1. The van der Waals surface area contributed by atoms with Gasteiger partial charge in [-0.05, 0) is 18.9 Å². The molecule has 0 bridgehead atoms. The third-order valence-corrected chi connectivity index (χ3v) is 3.50. The van der Waals surface area contributed by atoms with Gasteiger partial charge in [-0.25, -0.2) is 4.79 Å². The maximum Gasteiger partial charge on any atom is 0.415 e. The van der Waals surface area contributed by atoms with Gasteiger partial charge in [-0.15, -0.1) is 0 Å². The second-order valence-electron chi connectivity index (χ2n) is 4.37. The minimum absolute atomic E-state index is 0.243. The van der Waals surface area contributed by atoms with Gasteiger partial charge in [0.15, 0.2) is 5.75 Å². The van der Waals surface area contributed by atoms with E-state index in [1.54, 1.807) is 11.0 Å². The van der Waals surface area contributed by atoms with Crippen LogP contribution in [0.15, 0.2) is 24.8 Å². The van der Waals surface area contributed by atoms with E-state index < -0.39 is 6.09 Å². The number of rotatable bonds is 4. The van der Waals surface area contributed by atoms with Gasteiger partial charge >= 0.3 is 6.09 Å². The fourth-order valence-electron chi connectivity index (χ4n) is 1.91. The van der Waals surface area contributed by atoms with E-state index in [-0.39, 0.29) is 10.8 Å². The predicted octanol–water partition coefficient (Wildman–Crippen LogP) is 4.15. The fourth-order valence-corrected chi connectivity index (χ4v) is 2.38. The number of carbonyl (C=O) groups is 1. The quantitative estimate of drug-likeness (QED) is 0.783. The van der Waals surface area contributed by atoms with Gasteiger partial charge < -0.3 is 14.4 Å². The highest BCUT2D eigenvalue weighted by atomic mass is 35.5. The van der Waals surface area contributed by atoms with Crippen LogP contribution in [0.2, 0.25) is 10.0 Å². The Morgan fingerprint density at radius 2 is 1.90 bits per heavy atom. The molecule has 0 saturated carbocycles. The van der Waals surface area contributed by atoms with Crippen molar-refractivity contribution in [3.05, 3.63) is 34.8 Å². The van der Waals surface area contributed by atoms with Crippen molar-refractivity contribution < 1.29 is 14.3 Å². The molecule has 4 nitrogen and oxygen atoms in total. The van der Waals surface area contributed by atoms with Crippen LogP contribution >= 0.6 is 23.2 Å². The standard InChI is InChI=1S/C14H15Cl2NO3/c1-2-7-19-12-9-13(11(16)8-10(12)15)20-14(18)17-5-3-4-6-17/h2,8-9H,1,3-7H2. The Balaban J connectivity index is 2.13. The van der Waals surface area contributed by atoms with Gasteiger partial charge in [0.1, 0.15) is 12.4 Å². The van der Waals surface area contributed by atoms with Crippen LogP contribution < -0.4 is 9.47 Å². The van der Waals surface area contributed by atoms with E-state index in [4.69, 9.17) is 32.7 Å². The molecule has 0 N–H and O–H groups in total. The molecule has 1 aromatic carbocycles. The highest BCUT2D eigenvalue weighted by Crippen LogP contribution is 2.36. The summed E-state index contributed by atoms with van der Waals surface area (Å²) in [6.07, 6.45) is 3.19. The van der Waals surface area contributed by atoms with E-state index in [2.05, 4.69) is 6.58 Å². The zero-order valence-corrected chi connectivity index (χ0v) is 12.4. The minimum atomic E-state index is -0.401. The molecule has 1 aliphatic rings. The highest BCUT2D eigenvalue weighted by molar-refractivity contribution is 6.36. The molecule has 6 heteroatoms. The van der Waals surface area contributed by atoms with Crippen molar-refractivity contribution in [1.29, 1.82) is 0 Å². The van der Waals surface area contributed by atoms with E-state index in [1.807, 2.05) is 0 Å². The van der Waals surface area contributed by atoms with Gasteiger partial charge in [-0.2, -0.15) is 0 Å². The minimum Gasteiger partial charge on any atom is -0.488 e. The molecule has 0 aliphatic carbocycles. The summed E-state index contributed by atoms with van der Waals surface area (Å²) in [5, 5.41) is 0.631. The molecule has 1 amide bonds. The topological polar surface area (TPSA) is 38.8 Å². The molecule has 1 fully saturated rings. The van der Waals surface area contributed by atoms with Crippen LogP contribution in [0.3, 0.4) is 0 Å². The number of hydrogen-bond acceptors (Lipinski definition) is 3. The van der Waals surface area contributed by atoms with Crippen molar-refractivity contribution in [2.24, 2.45) is 0 Å². The first kappa shape index (κ1) is 15.0. The summed E-state index contributed by atoms with van der Waals surface area (Å²) in [6, 6.07) is 3.01. The van der Waals surface area contributed by atoms with E-state index in [0.717, 1.165) is 12.8 Å². The molecule has 1 saturated heterocycles. The molecular weight excluding hydrogens is 301 g/mol. The van der Waals surface area contributed by atoms with E-state index in [0.29, 0.717) is 30.5 Å². The van der Waals surface area contributed by atoms with Gasteiger partial charge in [0.2, 0.25) is 0 Å². The lowest BCUT2D eigenvalue weighted by Gasteiger charge is -2.16. The van der Waals surface area contributed by atoms with Crippen LogP contribution in [0.1, 0.15) is 12.8 Å². The second-order valence-corrected chi connectivity index (χ2v) is 5.19. The van der Waals surface area contributed by atoms with Crippen LogP contribution in [0.4, 0.5) is 4.79 Å². The van der Waals surface area contributed by atoms with Gasteiger partial charge in [-0.1, -0.05) is 35.9 Å². The lowest BCUT2D eigenvalue weighted by molar-refractivity contribution is 0.162. The second kappa shape index (κ2) is 6.86. The Morgan fingerprint density at radius 1 is 1.25 bits per heavy atom. The van der Waals surface area contributed by atoms with E-state index >= 15 is 0 Å². The lowest BCUT2D eigenvalue weighted by Crippen LogP contribution is -2.30. The Labute approximate surface area is 127 Å². The maximum atomic E-state index is 11.9. The first-order valence-corrected chi connectivity index (χ1v) is 7.07. The molecule has 1 aliphatic heterocycles. The molecule has 0 spiro atoms. The zero-order valence-electron chi connectivity index (χ0n) is 10.9. The average Bonchev–Trinajstić information content (AvgIpc) is 2.94. The Hall–Kier alpha value is -1.39. The predicted molar refractivity (Wildman–Crippen MR) is 79.0 cm³/mol. The van der Waals surface area contributed by atoms with Crippen LogP contribution in [-0.2, 0) is 0 Å². The summed E-state index contributed by atoms with van der Waals surface area (Å²) in [5.41, 5.74) is 0. The average molecular weight is 316 g/mol. The molecule has 0 atom stereocenters. The molecule has 0 aromatic heterocycles. The number of carbonyl (C=O) groups excluding carboxylic acids is 1. The van der Waals surface area contributed by atoms with Crippen molar-refractivity contribution in [3.63, 3.8) is 0 Å².